The third kappa shape index (κ3) is 3.56. The van der Waals surface area contributed by atoms with E-state index in [0.717, 1.165) is 17.3 Å². The fourth-order valence-electron chi connectivity index (χ4n) is 2.08. The Kier molecular flexibility index (Phi) is 4.66. The minimum Gasteiger partial charge on any atom is -0.349 e. The molecular weight excluding hydrogens is 332 g/mol. The van der Waals surface area contributed by atoms with Crippen LogP contribution in [0.2, 0.25) is 0 Å². The average Bonchev–Trinajstić information content (AvgIpc) is 2.40. The van der Waals surface area contributed by atoms with Gasteiger partial charge in [0.1, 0.15) is 0 Å². The van der Waals surface area contributed by atoms with Crippen LogP contribution in [-0.2, 0) is 19.0 Å². The van der Waals surface area contributed by atoms with Crippen molar-refractivity contribution >= 4 is 26.0 Å². The number of benzene rings is 1. The van der Waals surface area contributed by atoms with E-state index in [-0.39, 0.29) is 4.90 Å². The Bertz CT molecular complexity index is 518. The van der Waals surface area contributed by atoms with Gasteiger partial charge in [0.15, 0.2) is 5.79 Å². The third-order valence-electron chi connectivity index (χ3n) is 3.22. The van der Waals surface area contributed by atoms with Crippen LogP contribution in [-0.4, -0.2) is 20.8 Å². The molecule has 1 atom stereocenters. The van der Waals surface area contributed by atoms with Crippen LogP contribution >= 0.6 is 15.9 Å². The fourth-order valence-corrected chi connectivity index (χ4v) is 3.56. The second-order valence-corrected chi connectivity index (χ2v) is 7.02. The Morgan fingerprint density at radius 1 is 1.32 bits per heavy atom. The number of ether oxygens (including phenoxy) is 1. The van der Waals surface area contributed by atoms with Crippen LogP contribution in [0.15, 0.2) is 33.6 Å². The van der Waals surface area contributed by atoms with Gasteiger partial charge < -0.3 is 4.74 Å². The molecule has 106 valence electrons. The van der Waals surface area contributed by atoms with Gasteiger partial charge in [-0.1, -0.05) is 22.9 Å². The maximum atomic E-state index is 12.3. The lowest BCUT2D eigenvalue weighted by Crippen LogP contribution is -2.40. The van der Waals surface area contributed by atoms with Gasteiger partial charge in [-0.05, 0) is 43.5 Å². The summed E-state index contributed by atoms with van der Waals surface area (Å²) < 4.78 is 36.3. The van der Waals surface area contributed by atoms with Crippen molar-refractivity contribution in [2.24, 2.45) is 0 Å². The first-order valence-electron chi connectivity index (χ1n) is 6.33. The fraction of sp³-hybridized carbons (Fsp3) is 0.538. The Morgan fingerprint density at radius 2 is 2.00 bits per heavy atom. The van der Waals surface area contributed by atoms with E-state index in [9.17, 15) is 8.42 Å². The summed E-state index contributed by atoms with van der Waals surface area (Å²) in [7, 11) is -3.79. The van der Waals surface area contributed by atoms with E-state index in [4.69, 9.17) is 8.92 Å². The Balaban J connectivity index is 2.22. The first-order valence-corrected chi connectivity index (χ1v) is 8.53. The standard InChI is InChI=1S/C13H17BrO4S/c1-2-13(9-3-4-10-17-13)18-19(15,16)12-7-5-11(14)6-8-12/h5-8H,2-4,9-10H2,1H3. The van der Waals surface area contributed by atoms with Gasteiger partial charge in [-0.25, -0.2) is 4.18 Å². The summed E-state index contributed by atoms with van der Waals surface area (Å²) in [6.45, 7) is 2.42. The Morgan fingerprint density at radius 3 is 2.53 bits per heavy atom. The minimum absolute atomic E-state index is 0.151. The predicted octanol–water partition coefficient (Wildman–Crippen LogP) is 3.46. The molecule has 1 saturated heterocycles. The molecule has 0 radical (unpaired) electrons. The van der Waals surface area contributed by atoms with Crippen molar-refractivity contribution in [2.45, 2.75) is 43.3 Å². The molecule has 0 aliphatic carbocycles. The van der Waals surface area contributed by atoms with Gasteiger partial charge >= 0.3 is 0 Å². The highest BCUT2D eigenvalue weighted by Crippen LogP contribution is 2.33. The molecule has 0 spiro atoms. The van der Waals surface area contributed by atoms with Gasteiger partial charge in [0, 0.05) is 10.9 Å². The molecular formula is C13H17BrO4S. The zero-order valence-corrected chi connectivity index (χ0v) is 13.2. The first-order chi connectivity index (χ1) is 8.97. The number of halogens is 1. The lowest BCUT2D eigenvalue weighted by atomic mass is 10.0. The molecule has 1 aromatic carbocycles. The average molecular weight is 349 g/mol. The maximum Gasteiger partial charge on any atom is 0.299 e. The van der Waals surface area contributed by atoms with Crippen LogP contribution < -0.4 is 0 Å². The number of rotatable bonds is 4. The molecule has 1 fully saturated rings. The summed E-state index contributed by atoms with van der Waals surface area (Å²) in [5.74, 6) is -0.996. The zero-order chi connectivity index (χ0) is 13.9. The topological polar surface area (TPSA) is 52.6 Å². The van der Waals surface area contributed by atoms with Gasteiger partial charge in [0.05, 0.1) is 11.5 Å². The quantitative estimate of drug-likeness (QED) is 0.781. The van der Waals surface area contributed by atoms with E-state index in [2.05, 4.69) is 15.9 Å². The Labute approximate surface area is 122 Å². The minimum atomic E-state index is -3.79. The number of hydrogen-bond acceptors (Lipinski definition) is 4. The van der Waals surface area contributed by atoms with E-state index in [1.54, 1.807) is 12.1 Å². The second-order valence-electron chi connectivity index (χ2n) is 4.56. The molecule has 0 aromatic heterocycles. The normalized spacial score (nSPS) is 24.3. The van der Waals surface area contributed by atoms with Crippen LogP contribution in [0, 0.1) is 0 Å². The van der Waals surface area contributed by atoms with Crippen molar-refractivity contribution in [1.29, 1.82) is 0 Å². The highest BCUT2D eigenvalue weighted by atomic mass is 79.9. The largest absolute Gasteiger partial charge is 0.349 e. The van der Waals surface area contributed by atoms with Crippen LogP contribution in [0.3, 0.4) is 0 Å². The molecule has 1 aliphatic heterocycles. The van der Waals surface area contributed by atoms with Crippen LogP contribution in [0.25, 0.3) is 0 Å². The van der Waals surface area contributed by atoms with Gasteiger partial charge in [-0.3, -0.25) is 0 Å². The lowest BCUT2D eigenvalue weighted by molar-refractivity contribution is -0.204. The summed E-state index contributed by atoms with van der Waals surface area (Å²) in [6.07, 6.45) is 3.00. The van der Waals surface area contributed by atoms with Crippen LogP contribution in [0.5, 0.6) is 0 Å². The molecule has 19 heavy (non-hydrogen) atoms. The molecule has 4 nitrogen and oxygen atoms in total. The number of hydrogen-bond donors (Lipinski definition) is 0. The summed E-state index contributed by atoms with van der Waals surface area (Å²) in [5.41, 5.74) is 0. The lowest BCUT2D eigenvalue weighted by Gasteiger charge is -2.35. The van der Waals surface area contributed by atoms with Gasteiger partial charge in [-0.15, -0.1) is 0 Å². The predicted molar refractivity (Wildman–Crippen MR) is 75.2 cm³/mol. The monoisotopic (exact) mass is 348 g/mol. The summed E-state index contributed by atoms with van der Waals surface area (Å²) in [6, 6.07) is 6.39. The van der Waals surface area contributed by atoms with E-state index in [0.29, 0.717) is 19.4 Å². The molecule has 2 rings (SSSR count). The van der Waals surface area contributed by atoms with Crippen molar-refractivity contribution < 1.29 is 17.3 Å². The van der Waals surface area contributed by atoms with Crippen molar-refractivity contribution in [3.63, 3.8) is 0 Å². The van der Waals surface area contributed by atoms with Gasteiger partial charge in [0.2, 0.25) is 0 Å². The highest BCUT2D eigenvalue weighted by Gasteiger charge is 2.38. The van der Waals surface area contributed by atoms with E-state index < -0.39 is 15.9 Å². The van der Waals surface area contributed by atoms with Crippen molar-refractivity contribution in [1.82, 2.24) is 0 Å². The van der Waals surface area contributed by atoms with Crippen molar-refractivity contribution in [3.8, 4) is 0 Å². The summed E-state index contributed by atoms with van der Waals surface area (Å²) in [4.78, 5) is 0.151. The van der Waals surface area contributed by atoms with Crippen LogP contribution in [0.4, 0.5) is 0 Å². The van der Waals surface area contributed by atoms with E-state index in [1.165, 1.54) is 12.1 Å². The smallest absolute Gasteiger partial charge is 0.299 e. The molecule has 6 heteroatoms. The highest BCUT2D eigenvalue weighted by molar-refractivity contribution is 9.10. The van der Waals surface area contributed by atoms with E-state index >= 15 is 0 Å². The molecule has 1 aromatic rings. The van der Waals surface area contributed by atoms with Crippen molar-refractivity contribution in [3.05, 3.63) is 28.7 Å². The SMILES string of the molecule is CCC1(OS(=O)(=O)c2ccc(Br)cc2)CCCCO1. The molecule has 1 heterocycles. The molecule has 1 unspecified atom stereocenters. The molecule has 0 saturated carbocycles. The van der Waals surface area contributed by atoms with E-state index in [1.807, 2.05) is 6.92 Å². The summed E-state index contributed by atoms with van der Waals surface area (Å²) in [5, 5.41) is 0. The molecule has 1 aliphatic rings. The third-order valence-corrected chi connectivity index (χ3v) is 5.12. The molecule has 0 N–H and O–H groups in total. The first kappa shape index (κ1) is 15.0. The van der Waals surface area contributed by atoms with Gasteiger partial charge in [-0.2, -0.15) is 8.42 Å². The summed E-state index contributed by atoms with van der Waals surface area (Å²) >= 11 is 3.27. The molecule has 0 amide bonds. The maximum absolute atomic E-state index is 12.3. The Hall–Kier alpha value is -0.430. The second kappa shape index (κ2) is 5.91. The molecule has 0 bridgehead atoms. The zero-order valence-electron chi connectivity index (χ0n) is 10.8. The van der Waals surface area contributed by atoms with Gasteiger partial charge in [0.25, 0.3) is 10.1 Å². The van der Waals surface area contributed by atoms with Crippen LogP contribution in [0.1, 0.15) is 32.6 Å². The van der Waals surface area contributed by atoms with Crippen molar-refractivity contribution in [2.75, 3.05) is 6.61 Å².